The molecule has 1 fully saturated rings. The Morgan fingerprint density at radius 3 is 2.84 bits per heavy atom. The van der Waals surface area contributed by atoms with E-state index in [-0.39, 0.29) is 11.8 Å². The van der Waals surface area contributed by atoms with Crippen molar-refractivity contribution in [2.75, 3.05) is 13.1 Å². The summed E-state index contributed by atoms with van der Waals surface area (Å²) in [5.41, 5.74) is 1.71. The Kier molecular flexibility index (Phi) is 4.27. The van der Waals surface area contributed by atoms with E-state index in [9.17, 15) is 4.79 Å². The summed E-state index contributed by atoms with van der Waals surface area (Å²) in [4.78, 5) is 28.2. The fourth-order valence-electron chi connectivity index (χ4n) is 3.08. The van der Waals surface area contributed by atoms with Crippen LogP contribution in [0.15, 0.2) is 30.0 Å². The van der Waals surface area contributed by atoms with Gasteiger partial charge in [0.15, 0.2) is 0 Å². The third-order valence-corrected chi connectivity index (χ3v) is 5.52. The standard InChI is InChI=1S/C17H18N6OS/c1-11-4-9-25-14(11)17(24)23-7-2-12(3-8-23)15-20-16(22-21-15)13-10-18-5-6-19-13/h4-6,9-10,12H,2-3,7-8H2,1H3,(H,20,21,22). The van der Waals surface area contributed by atoms with Crippen molar-refractivity contribution in [3.05, 3.63) is 46.3 Å². The quantitative estimate of drug-likeness (QED) is 0.781. The maximum atomic E-state index is 12.6. The molecule has 4 heterocycles. The number of nitrogens with zero attached hydrogens (tertiary/aromatic N) is 5. The number of carbonyl (C=O) groups is 1. The van der Waals surface area contributed by atoms with E-state index in [1.54, 1.807) is 18.6 Å². The van der Waals surface area contributed by atoms with E-state index in [0.717, 1.165) is 42.2 Å². The fraction of sp³-hybridized carbons (Fsp3) is 0.353. The number of hydrogen-bond acceptors (Lipinski definition) is 6. The Morgan fingerprint density at radius 2 is 2.16 bits per heavy atom. The Bertz CT molecular complexity index is 866. The molecule has 1 N–H and O–H groups in total. The van der Waals surface area contributed by atoms with Crippen molar-refractivity contribution in [1.29, 1.82) is 0 Å². The number of aryl methyl sites for hydroxylation is 1. The molecule has 0 radical (unpaired) electrons. The van der Waals surface area contributed by atoms with Crippen molar-refractivity contribution >= 4 is 17.2 Å². The third-order valence-electron chi connectivity index (χ3n) is 4.52. The van der Waals surface area contributed by atoms with Gasteiger partial charge in [-0.2, -0.15) is 5.10 Å². The summed E-state index contributed by atoms with van der Waals surface area (Å²) in [5, 5.41) is 9.25. The molecule has 1 amide bonds. The first-order chi connectivity index (χ1) is 12.2. The van der Waals surface area contributed by atoms with E-state index in [1.807, 2.05) is 23.3 Å². The molecule has 0 aromatic carbocycles. The first kappa shape index (κ1) is 15.9. The highest BCUT2D eigenvalue weighted by Gasteiger charge is 2.27. The largest absolute Gasteiger partial charge is 0.338 e. The van der Waals surface area contributed by atoms with Gasteiger partial charge in [0.05, 0.1) is 11.1 Å². The summed E-state index contributed by atoms with van der Waals surface area (Å²) >= 11 is 1.52. The van der Waals surface area contributed by atoms with Crippen molar-refractivity contribution in [3.63, 3.8) is 0 Å². The highest BCUT2D eigenvalue weighted by Crippen LogP contribution is 2.28. The number of H-pyrrole nitrogens is 1. The SMILES string of the molecule is Cc1ccsc1C(=O)N1CCC(c2nc(-c3cnccn3)n[nH]2)CC1. The Balaban J connectivity index is 1.42. The molecule has 0 bridgehead atoms. The van der Waals surface area contributed by atoms with E-state index >= 15 is 0 Å². The number of carbonyl (C=O) groups excluding carboxylic acids is 1. The highest BCUT2D eigenvalue weighted by atomic mass is 32.1. The van der Waals surface area contributed by atoms with Gasteiger partial charge in [0.25, 0.3) is 5.91 Å². The van der Waals surface area contributed by atoms with Crippen LogP contribution in [0.4, 0.5) is 0 Å². The Morgan fingerprint density at radius 1 is 1.32 bits per heavy atom. The van der Waals surface area contributed by atoms with Gasteiger partial charge in [-0.3, -0.25) is 14.9 Å². The molecule has 0 unspecified atom stereocenters. The molecule has 0 aliphatic carbocycles. The number of aromatic nitrogens is 5. The summed E-state index contributed by atoms with van der Waals surface area (Å²) in [6.07, 6.45) is 6.66. The molecule has 8 heteroatoms. The lowest BCUT2D eigenvalue weighted by atomic mass is 9.96. The van der Waals surface area contributed by atoms with Crippen molar-refractivity contribution in [1.82, 2.24) is 30.0 Å². The van der Waals surface area contributed by atoms with Crippen LogP contribution in [0.2, 0.25) is 0 Å². The van der Waals surface area contributed by atoms with Crippen LogP contribution < -0.4 is 0 Å². The van der Waals surface area contributed by atoms with Gasteiger partial charge in [-0.25, -0.2) is 9.97 Å². The first-order valence-electron chi connectivity index (χ1n) is 8.24. The topological polar surface area (TPSA) is 87.7 Å². The molecule has 4 rings (SSSR count). The monoisotopic (exact) mass is 354 g/mol. The van der Waals surface area contributed by atoms with Crippen molar-refractivity contribution in [2.24, 2.45) is 0 Å². The fourth-order valence-corrected chi connectivity index (χ4v) is 3.97. The number of piperidine rings is 1. The highest BCUT2D eigenvalue weighted by molar-refractivity contribution is 7.12. The minimum absolute atomic E-state index is 0.142. The molecule has 0 spiro atoms. The van der Waals surface area contributed by atoms with Crippen LogP contribution in [-0.4, -0.2) is 49.0 Å². The van der Waals surface area contributed by atoms with E-state index in [0.29, 0.717) is 11.5 Å². The second-order valence-electron chi connectivity index (χ2n) is 6.13. The average Bonchev–Trinajstić information content (AvgIpc) is 3.31. The molecule has 0 saturated carbocycles. The van der Waals surface area contributed by atoms with Crippen LogP contribution in [0, 0.1) is 6.92 Å². The summed E-state index contributed by atoms with van der Waals surface area (Å²) in [7, 11) is 0. The maximum Gasteiger partial charge on any atom is 0.264 e. The summed E-state index contributed by atoms with van der Waals surface area (Å²) < 4.78 is 0. The number of rotatable bonds is 3. The number of amides is 1. The molecule has 3 aromatic heterocycles. The van der Waals surface area contributed by atoms with Gasteiger partial charge in [-0.1, -0.05) is 0 Å². The normalized spacial score (nSPS) is 15.5. The average molecular weight is 354 g/mol. The summed E-state index contributed by atoms with van der Waals surface area (Å²) in [5.74, 6) is 1.85. The predicted octanol–water partition coefficient (Wildman–Crippen LogP) is 2.65. The second-order valence-corrected chi connectivity index (χ2v) is 7.05. The van der Waals surface area contributed by atoms with E-state index in [4.69, 9.17) is 0 Å². The smallest absolute Gasteiger partial charge is 0.264 e. The van der Waals surface area contributed by atoms with Crippen molar-refractivity contribution < 1.29 is 4.79 Å². The number of likely N-dealkylation sites (tertiary alicyclic amines) is 1. The van der Waals surface area contributed by atoms with Crippen LogP contribution in [0.5, 0.6) is 0 Å². The van der Waals surface area contributed by atoms with E-state index < -0.39 is 0 Å². The zero-order chi connectivity index (χ0) is 17.2. The summed E-state index contributed by atoms with van der Waals surface area (Å²) in [6, 6.07) is 1.99. The van der Waals surface area contributed by atoms with Gasteiger partial charge in [0.1, 0.15) is 11.5 Å². The lowest BCUT2D eigenvalue weighted by molar-refractivity contribution is 0.0715. The zero-order valence-corrected chi connectivity index (χ0v) is 14.7. The molecule has 0 atom stereocenters. The second kappa shape index (κ2) is 6.72. The first-order valence-corrected chi connectivity index (χ1v) is 9.12. The van der Waals surface area contributed by atoms with Crippen LogP contribution in [0.1, 0.15) is 39.8 Å². The molecule has 1 aliphatic heterocycles. The maximum absolute atomic E-state index is 12.6. The minimum Gasteiger partial charge on any atom is -0.338 e. The van der Waals surface area contributed by atoms with E-state index in [1.165, 1.54) is 11.3 Å². The van der Waals surface area contributed by atoms with Gasteiger partial charge >= 0.3 is 0 Å². The van der Waals surface area contributed by atoms with Crippen LogP contribution >= 0.6 is 11.3 Å². The number of aromatic amines is 1. The lowest BCUT2D eigenvalue weighted by Gasteiger charge is -2.30. The molecular weight excluding hydrogens is 336 g/mol. The van der Waals surface area contributed by atoms with E-state index in [2.05, 4.69) is 25.1 Å². The molecule has 25 heavy (non-hydrogen) atoms. The lowest BCUT2D eigenvalue weighted by Crippen LogP contribution is -2.38. The Labute approximate surface area is 149 Å². The number of hydrogen-bond donors (Lipinski definition) is 1. The number of thiophene rings is 1. The molecule has 1 aliphatic rings. The van der Waals surface area contributed by atoms with Crippen LogP contribution in [0.3, 0.4) is 0 Å². The molecule has 3 aromatic rings. The zero-order valence-electron chi connectivity index (χ0n) is 13.8. The summed E-state index contributed by atoms with van der Waals surface area (Å²) in [6.45, 7) is 3.46. The molecule has 7 nitrogen and oxygen atoms in total. The molecule has 128 valence electrons. The number of nitrogens with one attached hydrogen (secondary N) is 1. The van der Waals surface area contributed by atoms with Crippen molar-refractivity contribution in [2.45, 2.75) is 25.7 Å². The van der Waals surface area contributed by atoms with Gasteiger partial charge < -0.3 is 4.90 Å². The molecule has 1 saturated heterocycles. The third kappa shape index (κ3) is 3.17. The van der Waals surface area contributed by atoms with Crippen LogP contribution in [0.25, 0.3) is 11.5 Å². The minimum atomic E-state index is 0.142. The molecular formula is C17H18N6OS. The Hall–Kier alpha value is -2.61. The van der Waals surface area contributed by atoms with Gasteiger partial charge in [0.2, 0.25) is 5.82 Å². The van der Waals surface area contributed by atoms with Gasteiger partial charge in [-0.05, 0) is 36.8 Å². The van der Waals surface area contributed by atoms with Gasteiger partial charge in [-0.15, -0.1) is 11.3 Å². The predicted molar refractivity (Wildman–Crippen MR) is 94.3 cm³/mol. The van der Waals surface area contributed by atoms with Crippen LogP contribution in [-0.2, 0) is 0 Å². The van der Waals surface area contributed by atoms with Gasteiger partial charge in [0, 0.05) is 31.4 Å². The van der Waals surface area contributed by atoms with Crippen molar-refractivity contribution in [3.8, 4) is 11.5 Å².